The van der Waals surface area contributed by atoms with Gasteiger partial charge in [0.2, 0.25) is 11.0 Å². The largest absolute Gasteiger partial charge is 0.494 e. The summed E-state index contributed by atoms with van der Waals surface area (Å²) in [5, 5.41) is 14.3. The standard InChI is InChI=1S/C19H17ClN4O3S2/c1-2-27-15-8-6-12(7-9-15)17(26)22-18-23-24-19(29-18)28-11-16(25)21-14-5-3-4-13(20)10-14/h3-10H,2,11H2,1H3,(H,21,25)(H,22,23,26). The van der Waals surface area contributed by atoms with Crippen molar-refractivity contribution in [3.8, 4) is 5.75 Å². The number of anilines is 2. The van der Waals surface area contributed by atoms with Crippen molar-refractivity contribution in [2.75, 3.05) is 23.0 Å². The molecule has 0 atom stereocenters. The molecule has 0 radical (unpaired) electrons. The number of ether oxygens (including phenoxy) is 1. The first-order valence-electron chi connectivity index (χ1n) is 8.59. The molecule has 10 heteroatoms. The van der Waals surface area contributed by atoms with E-state index in [1.54, 1.807) is 48.5 Å². The van der Waals surface area contributed by atoms with Gasteiger partial charge in [0, 0.05) is 16.3 Å². The number of amides is 2. The summed E-state index contributed by atoms with van der Waals surface area (Å²) in [6.45, 7) is 2.46. The molecular formula is C19H17ClN4O3S2. The molecule has 0 fully saturated rings. The van der Waals surface area contributed by atoms with Crippen LogP contribution in [-0.4, -0.2) is 34.4 Å². The minimum atomic E-state index is -0.292. The molecule has 7 nitrogen and oxygen atoms in total. The summed E-state index contributed by atoms with van der Waals surface area (Å²) in [6.07, 6.45) is 0. The normalized spacial score (nSPS) is 10.4. The predicted octanol–water partition coefficient (Wildman–Crippen LogP) is 4.57. The molecule has 0 aliphatic rings. The number of hydrogen-bond donors (Lipinski definition) is 2. The second kappa shape index (κ2) is 10.2. The third-order valence-electron chi connectivity index (χ3n) is 3.49. The van der Waals surface area contributed by atoms with Gasteiger partial charge < -0.3 is 10.1 Å². The number of benzene rings is 2. The van der Waals surface area contributed by atoms with Crippen LogP contribution in [0.3, 0.4) is 0 Å². The minimum absolute atomic E-state index is 0.161. The van der Waals surface area contributed by atoms with Crippen LogP contribution in [0.4, 0.5) is 10.8 Å². The maximum atomic E-state index is 12.3. The topological polar surface area (TPSA) is 93.2 Å². The zero-order chi connectivity index (χ0) is 20.6. The van der Waals surface area contributed by atoms with Crippen molar-refractivity contribution in [3.63, 3.8) is 0 Å². The number of hydrogen-bond acceptors (Lipinski definition) is 7. The SMILES string of the molecule is CCOc1ccc(C(=O)Nc2nnc(SCC(=O)Nc3cccc(Cl)c3)s2)cc1. The Morgan fingerprint density at radius 2 is 1.93 bits per heavy atom. The van der Waals surface area contributed by atoms with Crippen LogP contribution in [0.1, 0.15) is 17.3 Å². The van der Waals surface area contributed by atoms with E-state index in [1.807, 2.05) is 6.92 Å². The van der Waals surface area contributed by atoms with Crippen molar-refractivity contribution in [1.29, 1.82) is 0 Å². The number of nitrogens with zero attached hydrogens (tertiary/aromatic N) is 2. The first kappa shape index (κ1) is 21.1. The molecule has 0 bridgehead atoms. The molecule has 3 rings (SSSR count). The molecule has 1 aromatic heterocycles. The van der Waals surface area contributed by atoms with Crippen LogP contribution in [-0.2, 0) is 4.79 Å². The summed E-state index contributed by atoms with van der Waals surface area (Å²) in [7, 11) is 0. The molecule has 150 valence electrons. The van der Waals surface area contributed by atoms with Gasteiger partial charge in [0.05, 0.1) is 12.4 Å². The maximum absolute atomic E-state index is 12.3. The third kappa shape index (κ3) is 6.45. The highest BCUT2D eigenvalue weighted by Crippen LogP contribution is 2.26. The maximum Gasteiger partial charge on any atom is 0.257 e. The molecule has 2 amide bonds. The van der Waals surface area contributed by atoms with Gasteiger partial charge in [-0.15, -0.1) is 10.2 Å². The van der Waals surface area contributed by atoms with Gasteiger partial charge in [-0.25, -0.2) is 0 Å². The summed E-state index contributed by atoms with van der Waals surface area (Å²) < 4.78 is 5.93. The number of aromatic nitrogens is 2. The zero-order valence-electron chi connectivity index (χ0n) is 15.3. The molecular weight excluding hydrogens is 432 g/mol. The van der Waals surface area contributed by atoms with Crippen molar-refractivity contribution >= 4 is 57.3 Å². The van der Waals surface area contributed by atoms with Gasteiger partial charge in [-0.1, -0.05) is 40.8 Å². The van der Waals surface area contributed by atoms with Gasteiger partial charge >= 0.3 is 0 Å². The number of carbonyl (C=O) groups is 2. The van der Waals surface area contributed by atoms with Crippen LogP contribution >= 0.6 is 34.7 Å². The molecule has 2 aromatic carbocycles. The summed E-state index contributed by atoms with van der Waals surface area (Å²) in [5.41, 5.74) is 1.11. The lowest BCUT2D eigenvalue weighted by Crippen LogP contribution is -2.13. The molecule has 0 unspecified atom stereocenters. The molecule has 0 saturated heterocycles. The summed E-state index contributed by atoms with van der Waals surface area (Å²) in [5.74, 6) is 0.384. The zero-order valence-corrected chi connectivity index (χ0v) is 17.7. The molecule has 29 heavy (non-hydrogen) atoms. The average Bonchev–Trinajstić information content (AvgIpc) is 3.14. The fourth-order valence-corrected chi connectivity index (χ4v) is 3.98. The number of nitrogens with one attached hydrogen (secondary N) is 2. The summed E-state index contributed by atoms with van der Waals surface area (Å²) in [4.78, 5) is 24.3. The number of thioether (sulfide) groups is 1. The highest BCUT2D eigenvalue weighted by Gasteiger charge is 2.12. The molecule has 0 saturated carbocycles. The molecule has 3 aromatic rings. The van der Waals surface area contributed by atoms with Crippen LogP contribution in [0.5, 0.6) is 5.75 Å². The van der Waals surface area contributed by atoms with Crippen LogP contribution in [0, 0.1) is 0 Å². The summed E-state index contributed by atoms with van der Waals surface area (Å²) in [6, 6.07) is 13.7. The minimum Gasteiger partial charge on any atom is -0.494 e. The highest BCUT2D eigenvalue weighted by molar-refractivity contribution is 8.01. The fraction of sp³-hybridized carbons (Fsp3) is 0.158. The Balaban J connectivity index is 1.49. The second-order valence-electron chi connectivity index (χ2n) is 5.63. The van der Waals surface area contributed by atoms with Crippen molar-refractivity contribution in [1.82, 2.24) is 10.2 Å². The Hall–Kier alpha value is -2.62. The van der Waals surface area contributed by atoms with Crippen molar-refractivity contribution in [2.45, 2.75) is 11.3 Å². The lowest BCUT2D eigenvalue weighted by Gasteiger charge is -2.04. The first-order valence-corrected chi connectivity index (χ1v) is 10.8. The van der Waals surface area contributed by atoms with Crippen molar-refractivity contribution < 1.29 is 14.3 Å². The van der Waals surface area contributed by atoms with Gasteiger partial charge in [0.15, 0.2) is 4.34 Å². The van der Waals surface area contributed by atoms with Crippen molar-refractivity contribution in [2.24, 2.45) is 0 Å². The van der Waals surface area contributed by atoms with Crippen LogP contribution < -0.4 is 15.4 Å². The van der Waals surface area contributed by atoms with E-state index in [0.717, 1.165) is 0 Å². The Kier molecular flexibility index (Phi) is 7.45. The van der Waals surface area contributed by atoms with Gasteiger partial charge in [-0.2, -0.15) is 0 Å². The Labute approximate surface area is 180 Å². The van der Waals surface area contributed by atoms with Crippen molar-refractivity contribution in [3.05, 3.63) is 59.1 Å². The van der Waals surface area contributed by atoms with E-state index in [-0.39, 0.29) is 17.6 Å². The smallest absolute Gasteiger partial charge is 0.257 e. The lowest BCUT2D eigenvalue weighted by atomic mass is 10.2. The van der Waals surface area contributed by atoms with E-state index in [0.29, 0.717) is 38.1 Å². The molecule has 2 N–H and O–H groups in total. The Morgan fingerprint density at radius 1 is 1.14 bits per heavy atom. The van der Waals surface area contributed by atoms with E-state index < -0.39 is 0 Å². The number of rotatable bonds is 8. The molecule has 0 spiro atoms. The lowest BCUT2D eigenvalue weighted by molar-refractivity contribution is -0.113. The summed E-state index contributed by atoms with van der Waals surface area (Å²) >= 11 is 8.33. The van der Waals surface area contributed by atoms with E-state index in [2.05, 4.69) is 20.8 Å². The van der Waals surface area contributed by atoms with E-state index in [4.69, 9.17) is 16.3 Å². The molecule has 0 aliphatic carbocycles. The Bertz CT molecular complexity index is 995. The van der Waals surface area contributed by atoms with Crippen LogP contribution in [0.2, 0.25) is 5.02 Å². The average molecular weight is 449 g/mol. The van der Waals surface area contributed by atoms with Gasteiger partial charge in [0.1, 0.15) is 5.75 Å². The second-order valence-corrected chi connectivity index (χ2v) is 8.27. The third-order valence-corrected chi connectivity index (χ3v) is 5.70. The number of halogens is 1. The van der Waals surface area contributed by atoms with Gasteiger partial charge in [-0.05, 0) is 49.4 Å². The quantitative estimate of drug-likeness (QED) is 0.387. The van der Waals surface area contributed by atoms with E-state index in [1.165, 1.54) is 23.1 Å². The van der Waals surface area contributed by atoms with Crippen LogP contribution in [0.25, 0.3) is 0 Å². The molecule has 0 aliphatic heterocycles. The molecule has 1 heterocycles. The van der Waals surface area contributed by atoms with E-state index in [9.17, 15) is 9.59 Å². The first-order chi connectivity index (χ1) is 14.0. The number of carbonyl (C=O) groups excluding carboxylic acids is 2. The van der Waals surface area contributed by atoms with Crippen LogP contribution in [0.15, 0.2) is 52.9 Å². The Morgan fingerprint density at radius 3 is 2.66 bits per heavy atom. The van der Waals surface area contributed by atoms with E-state index >= 15 is 0 Å². The van der Waals surface area contributed by atoms with Gasteiger partial charge in [0.25, 0.3) is 5.91 Å². The van der Waals surface area contributed by atoms with Gasteiger partial charge in [-0.3, -0.25) is 14.9 Å². The highest BCUT2D eigenvalue weighted by atomic mass is 35.5. The fourth-order valence-electron chi connectivity index (χ4n) is 2.25. The predicted molar refractivity (Wildman–Crippen MR) is 116 cm³/mol. The monoisotopic (exact) mass is 448 g/mol.